The zero-order valence-electron chi connectivity index (χ0n) is 20.6. The third kappa shape index (κ3) is 4.55. The molecular formula is C32H36N2. The minimum absolute atomic E-state index is 0.0785. The van der Waals surface area contributed by atoms with Crippen molar-refractivity contribution in [3.8, 4) is 11.1 Å². The second-order valence-electron chi connectivity index (χ2n) is 10.2. The van der Waals surface area contributed by atoms with Crippen LogP contribution in [0.4, 0.5) is 5.69 Å². The Bertz CT molecular complexity index is 1180. The molecule has 0 saturated carbocycles. The average molecular weight is 449 g/mol. The van der Waals surface area contributed by atoms with Gasteiger partial charge in [-0.1, -0.05) is 86.7 Å². The normalized spacial score (nSPS) is 19.8. The van der Waals surface area contributed by atoms with Crippen molar-refractivity contribution < 1.29 is 0 Å². The first-order valence-electron chi connectivity index (χ1n) is 12.7. The van der Waals surface area contributed by atoms with E-state index in [1.54, 1.807) is 0 Å². The van der Waals surface area contributed by atoms with Crippen molar-refractivity contribution in [3.63, 3.8) is 0 Å². The molecule has 0 fully saturated rings. The topological polar surface area (TPSA) is 15.3 Å². The molecular weight excluding hydrogens is 412 g/mol. The molecule has 0 spiro atoms. The number of benzene rings is 2. The molecule has 1 N–H and O–H groups in total. The lowest BCUT2D eigenvalue weighted by atomic mass is 9.79. The van der Waals surface area contributed by atoms with Gasteiger partial charge in [0, 0.05) is 35.1 Å². The maximum atomic E-state index is 4.17. The lowest BCUT2D eigenvalue weighted by Gasteiger charge is -2.38. The van der Waals surface area contributed by atoms with E-state index in [0.29, 0.717) is 6.04 Å². The molecule has 2 nitrogen and oxygen atoms in total. The van der Waals surface area contributed by atoms with Gasteiger partial charge in [0.05, 0.1) is 0 Å². The zero-order chi connectivity index (χ0) is 23.5. The molecule has 2 aromatic rings. The molecule has 0 amide bonds. The fraction of sp³-hybridized carbons (Fsp3) is 0.312. The highest BCUT2D eigenvalue weighted by atomic mass is 15.2. The molecule has 0 saturated heterocycles. The van der Waals surface area contributed by atoms with Gasteiger partial charge in [0.25, 0.3) is 0 Å². The van der Waals surface area contributed by atoms with E-state index in [1.165, 1.54) is 39.4 Å². The second kappa shape index (κ2) is 9.54. The highest BCUT2D eigenvalue weighted by Gasteiger charge is 2.31. The Labute approximate surface area is 205 Å². The monoisotopic (exact) mass is 448 g/mol. The van der Waals surface area contributed by atoms with Crippen molar-refractivity contribution in [2.45, 2.75) is 52.0 Å². The minimum Gasteiger partial charge on any atom is -0.383 e. The summed E-state index contributed by atoms with van der Waals surface area (Å²) in [7, 11) is 0. The van der Waals surface area contributed by atoms with Crippen LogP contribution in [-0.4, -0.2) is 12.6 Å². The Kier molecular flexibility index (Phi) is 6.32. The molecule has 2 aromatic carbocycles. The molecule has 3 aliphatic rings. The lowest BCUT2D eigenvalue weighted by molar-refractivity contribution is 0.556. The Hall–Kier alpha value is -3.26. The van der Waals surface area contributed by atoms with E-state index >= 15 is 0 Å². The molecule has 174 valence electrons. The summed E-state index contributed by atoms with van der Waals surface area (Å²) in [5.41, 5.74) is 9.35. The fourth-order valence-electron chi connectivity index (χ4n) is 5.41. The van der Waals surface area contributed by atoms with Crippen LogP contribution in [0, 0.1) is 5.41 Å². The molecule has 2 aliphatic carbocycles. The van der Waals surface area contributed by atoms with E-state index in [-0.39, 0.29) is 5.41 Å². The molecule has 0 radical (unpaired) electrons. The first kappa shape index (κ1) is 22.5. The number of nitrogens with zero attached hydrogens (tertiary/aromatic N) is 1. The average Bonchev–Trinajstić information content (AvgIpc) is 3.30. The van der Waals surface area contributed by atoms with Crippen molar-refractivity contribution in [3.05, 3.63) is 114 Å². The maximum absolute atomic E-state index is 4.17. The summed E-state index contributed by atoms with van der Waals surface area (Å²) in [5.74, 6) is 0. The van der Waals surface area contributed by atoms with E-state index in [2.05, 4.69) is 116 Å². The van der Waals surface area contributed by atoms with Gasteiger partial charge in [-0.25, -0.2) is 0 Å². The van der Waals surface area contributed by atoms with E-state index in [0.717, 1.165) is 38.6 Å². The van der Waals surface area contributed by atoms with Crippen LogP contribution >= 0.6 is 0 Å². The van der Waals surface area contributed by atoms with Gasteiger partial charge in [-0.3, -0.25) is 0 Å². The number of hydrogen-bond donors (Lipinski definition) is 1. The molecule has 5 rings (SSSR count). The SMILES string of the molecule is C=CC(C)(C)C1=CCCC=C1N(CC1CC2=C(CCC=C2)N1)c1cccc(-c2ccccc2)c1. The number of nitrogens with one attached hydrogen (secondary N) is 1. The Morgan fingerprint density at radius 3 is 2.59 bits per heavy atom. The van der Waals surface area contributed by atoms with Gasteiger partial charge >= 0.3 is 0 Å². The third-order valence-corrected chi connectivity index (χ3v) is 7.40. The summed E-state index contributed by atoms with van der Waals surface area (Å²) in [4.78, 5) is 2.56. The Morgan fingerprint density at radius 1 is 1.00 bits per heavy atom. The van der Waals surface area contributed by atoms with E-state index in [9.17, 15) is 0 Å². The predicted octanol–water partition coefficient (Wildman–Crippen LogP) is 7.94. The van der Waals surface area contributed by atoms with E-state index < -0.39 is 0 Å². The summed E-state index contributed by atoms with van der Waals surface area (Å²) in [6.07, 6.45) is 17.2. The molecule has 0 bridgehead atoms. The van der Waals surface area contributed by atoms with Crippen LogP contribution in [0.25, 0.3) is 11.1 Å². The molecule has 0 aromatic heterocycles. The van der Waals surface area contributed by atoms with Gasteiger partial charge in [0.2, 0.25) is 0 Å². The highest BCUT2D eigenvalue weighted by Crippen LogP contribution is 2.40. The number of hydrogen-bond acceptors (Lipinski definition) is 2. The van der Waals surface area contributed by atoms with Crippen LogP contribution in [0.1, 0.15) is 46.0 Å². The van der Waals surface area contributed by atoms with Gasteiger partial charge in [0.15, 0.2) is 0 Å². The smallest absolute Gasteiger partial charge is 0.0478 e. The largest absolute Gasteiger partial charge is 0.383 e. The number of rotatable bonds is 7. The molecule has 1 unspecified atom stereocenters. The Balaban J connectivity index is 1.52. The highest BCUT2D eigenvalue weighted by molar-refractivity contribution is 5.71. The van der Waals surface area contributed by atoms with E-state index in [4.69, 9.17) is 0 Å². The van der Waals surface area contributed by atoms with Crippen molar-refractivity contribution in [1.29, 1.82) is 0 Å². The predicted molar refractivity (Wildman–Crippen MR) is 146 cm³/mol. The van der Waals surface area contributed by atoms with Crippen LogP contribution in [0.15, 0.2) is 114 Å². The van der Waals surface area contributed by atoms with Crippen LogP contribution in [-0.2, 0) is 0 Å². The molecule has 1 aliphatic heterocycles. The Morgan fingerprint density at radius 2 is 1.79 bits per heavy atom. The maximum Gasteiger partial charge on any atom is 0.0478 e. The summed E-state index contributed by atoms with van der Waals surface area (Å²) in [5, 5.41) is 3.87. The molecule has 1 heterocycles. The quantitative estimate of drug-likeness (QED) is 0.432. The van der Waals surface area contributed by atoms with Crippen LogP contribution in [0.5, 0.6) is 0 Å². The van der Waals surface area contributed by atoms with Crippen molar-refractivity contribution in [1.82, 2.24) is 5.32 Å². The molecule has 2 heteroatoms. The van der Waals surface area contributed by atoms with Crippen LogP contribution in [0.2, 0.25) is 0 Å². The first-order valence-corrected chi connectivity index (χ1v) is 12.7. The zero-order valence-corrected chi connectivity index (χ0v) is 20.6. The van der Waals surface area contributed by atoms with Crippen molar-refractivity contribution >= 4 is 5.69 Å². The molecule has 34 heavy (non-hydrogen) atoms. The van der Waals surface area contributed by atoms with Gasteiger partial charge in [-0.15, -0.1) is 6.58 Å². The summed E-state index contributed by atoms with van der Waals surface area (Å²) in [6, 6.07) is 20.1. The van der Waals surface area contributed by atoms with Crippen LogP contribution in [0.3, 0.4) is 0 Å². The van der Waals surface area contributed by atoms with E-state index in [1.807, 2.05) is 0 Å². The van der Waals surface area contributed by atoms with Crippen molar-refractivity contribution in [2.24, 2.45) is 5.41 Å². The third-order valence-electron chi connectivity index (χ3n) is 7.40. The second-order valence-corrected chi connectivity index (χ2v) is 10.2. The van der Waals surface area contributed by atoms with Gasteiger partial charge < -0.3 is 10.2 Å². The van der Waals surface area contributed by atoms with Gasteiger partial charge in [-0.05, 0) is 66.5 Å². The summed E-state index contributed by atoms with van der Waals surface area (Å²) < 4.78 is 0. The first-order chi connectivity index (χ1) is 16.5. The van der Waals surface area contributed by atoms with Crippen LogP contribution < -0.4 is 10.2 Å². The van der Waals surface area contributed by atoms with Crippen molar-refractivity contribution in [2.75, 3.05) is 11.4 Å². The standard InChI is InChI=1S/C32H36N2/c1-4-32(2,3)29-18-9-11-20-31(29)34(23-27-21-26-15-8-10-19-30(26)33-27)28-17-12-16-25(22-28)24-13-6-5-7-14-24/h4-8,12-18,20,22,27,33H,1,9-11,19,21,23H2,2-3H3. The number of allylic oxidation sites excluding steroid dienone is 7. The summed E-state index contributed by atoms with van der Waals surface area (Å²) in [6.45, 7) is 9.67. The van der Waals surface area contributed by atoms with Gasteiger partial charge in [0.1, 0.15) is 0 Å². The fourth-order valence-corrected chi connectivity index (χ4v) is 5.41. The molecule has 1 atom stereocenters. The summed E-state index contributed by atoms with van der Waals surface area (Å²) >= 11 is 0. The lowest BCUT2D eigenvalue weighted by Crippen LogP contribution is -2.39. The van der Waals surface area contributed by atoms with Gasteiger partial charge in [-0.2, -0.15) is 0 Å². The number of anilines is 1. The minimum atomic E-state index is -0.0785.